The van der Waals surface area contributed by atoms with Crippen molar-refractivity contribution in [3.05, 3.63) is 28.6 Å². The van der Waals surface area contributed by atoms with Crippen LogP contribution in [0.5, 0.6) is 0 Å². The summed E-state index contributed by atoms with van der Waals surface area (Å²) in [5.74, 6) is -41.1. The lowest BCUT2D eigenvalue weighted by molar-refractivity contribution is -0.996. The molecule has 1 aromatic carbocycles. The summed E-state index contributed by atoms with van der Waals surface area (Å²) in [7, 11) is 0. The molecule has 0 heterocycles. The third kappa shape index (κ3) is 5.55. The van der Waals surface area contributed by atoms with Crippen molar-refractivity contribution in [2.75, 3.05) is 5.43 Å². The van der Waals surface area contributed by atoms with E-state index in [-0.39, 0.29) is 6.21 Å². The van der Waals surface area contributed by atoms with E-state index in [0.29, 0.717) is 19.1 Å². The second-order valence-electron chi connectivity index (χ2n) is 7.19. The minimum atomic E-state index is -8.04. The number of hydrogen-bond acceptors (Lipinski definition) is 6. The second-order valence-corrected chi connectivity index (χ2v) is 7.19. The van der Waals surface area contributed by atoms with Crippen molar-refractivity contribution in [1.29, 1.82) is 0 Å². The van der Waals surface area contributed by atoms with Crippen LogP contribution in [0, 0.1) is 16.3 Å². The zero-order valence-corrected chi connectivity index (χ0v) is 17.7. The highest BCUT2D eigenvalue weighted by Crippen LogP contribution is 2.61. The van der Waals surface area contributed by atoms with Gasteiger partial charge in [-0.25, -0.2) is 10.4 Å². The predicted octanol–water partition coefficient (Wildman–Crippen LogP) is 3.66. The first-order chi connectivity index (χ1) is 16.4. The number of nitrogens with zero attached hydrogens (tertiary/aromatic N) is 1. The number of alkyl halides is 13. The average Bonchev–Trinajstić information content (AvgIpc) is 2.74. The highest BCUT2D eigenvalue weighted by Gasteiger charge is 2.91. The van der Waals surface area contributed by atoms with Gasteiger partial charge in [0.1, 0.15) is 5.69 Å². The summed E-state index contributed by atoms with van der Waals surface area (Å²) in [6, 6.07) is 1.99. The Balaban J connectivity index is 3.39. The van der Waals surface area contributed by atoms with Crippen LogP contribution in [0.4, 0.5) is 74.1 Å². The molecule has 0 amide bonds. The SMILES string of the molecule is CC[C@H](C=NNc1ccc([NH+]([O-])O)cc1[NH+]([O-])O)C(F)(F)C(F)(F)C(F)(F)C(F)(F)C(F)(F)C(F)(F)F. The number of quaternary nitrogens is 2. The van der Waals surface area contributed by atoms with E-state index < -0.39 is 75.6 Å². The van der Waals surface area contributed by atoms with Crippen LogP contribution in [0.3, 0.4) is 0 Å². The van der Waals surface area contributed by atoms with Gasteiger partial charge in [0.05, 0.1) is 12.0 Å². The predicted molar refractivity (Wildman–Crippen MR) is 94.7 cm³/mol. The molecule has 0 aromatic heterocycles. The molecule has 0 saturated heterocycles. The molecule has 1 rings (SSSR count). The van der Waals surface area contributed by atoms with Gasteiger partial charge in [-0.2, -0.15) is 72.6 Å². The van der Waals surface area contributed by atoms with Gasteiger partial charge in [0, 0.05) is 12.3 Å². The van der Waals surface area contributed by atoms with Crippen molar-refractivity contribution < 1.29 is 77.9 Å². The van der Waals surface area contributed by atoms with Crippen molar-refractivity contribution >= 4 is 23.3 Å². The highest BCUT2D eigenvalue weighted by molar-refractivity contribution is 5.68. The summed E-state index contributed by atoms with van der Waals surface area (Å²) in [5, 5.41) is 39.4. The van der Waals surface area contributed by atoms with Gasteiger partial charge in [-0.15, -0.1) is 0 Å². The molecule has 0 saturated carbocycles. The minimum Gasteiger partial charge on any atom is -0.595 e. The van der Waals surface area contributed by atoms with Crippen LogP contribution >= 0.6 is 0 Å². The van der Waals surface area contributed by atoms with Gasteiger partial charge in [-0.1, -0.05) is 6.92 Å². The Morgan fingerprint density at radius 3 is 1.73 bits per heavy atom. The van der Waals surface area contributed by atoms with E-state index in [1.165, 1.54) is 0 Å². The van der Waals surface area contributed by atoms with E-state index in [2.05, 4.69) is 5.10 Å². The zero-order valence-electron chi connectivity index (χ0n) is 17.7. The molecular weight excluding hydrogens is 559 g/mol. The Kier molecular flexibility index (Phi) is 9.12. The molecule has 0 fully saturated rings. The fraction of sp³-hybridized carbons (Fsp3) is 0.562. The van der Waals surface area contributed by atoms with Gasteiger partial charge in [-0.3, -0.25) is 5.43 Å². The number of hydrazone groups is 1. The largest absolute Gasteiger partial charge is 0.595 e. The third-order valence-electron chi connectivity index (χ3n) is 4.80. The zero-order chi connectivity index (χ0) is 29.4. The van der Waals surface area contributed by atoms with Gasteiger partial charge in [-0.05, 0) is 12.5 Å². The molecule has 37 heavy (non-hydrogen) atoms. The standard InChI is InChI=1S/C16H15F13N4O4/c1-2-7(6-30-31-9-4-3-8(32(34)35)5-10(9)33(36)37)11(17,18)12(19,20)13(21,22)14(23,24)15(25,26)16(27,28)29/h3-7,31-34,36H,2H2,1H3/t7-/m1/s1. The molecule has 0 spiro atoms. The molecule has 0 aliphatic rings. The monoisotopic (exact) mass is 574 g/mol. The van der Waals surface area contributed by atoms with E-state index in [4.69, 9.17) is 10.4 Å². The third-order valence-corrected chi connectivity index (χ3v) is 4.80. The maximum absolute atomic E-state index is 14.3. The van der Waals surface area contributed by atoms with Crippen molar-refractivity contribution in [2.45, 2.75) is 49.1 Å². The summed E-state index contributed by atoms with van der Waals surface area (Å²) in [5.41, 5.74) is -0.458. The number of nitrogens with one attached hydrogen (secondary N) is 3. The molecule has 5 N–H and O–H groups in total. The van der Waals surface area contributed by atoms with E-state index in [1.807, 2.05) is 0 Å². The van der Waals surface area contributed by atoms with Crippen LogP contribution in [0.1, 0.15) is 13.3 Å². The summed E-state index contributed by atoms with van der Waals surface area (Å²) in [6.45, 7) is 0.575. The van der Waals surface area contributed by atoms with Crippen LogP contribution in [-0.4, -0.2) is 52.4 Å². The van der Waals surface area contributed by atoms with Crippen molar-refractivity contribution in [3.8, 4) is 0 Å². The Morgan fingerprint density at radius 2 is 1.32 bits per heavy atom. The number of halogens is 13. The van der Waals surface area contributed by atoms with Crippen LogP contribution in [-0.2, 0) is 0 Å². The first kappa shape index (κ1) is 32.6. The summed E-state index contributed by atoms with van der Waals surface area (Å²) < 4.78 is 173. The van der Waals surface area contributed by atoms with Gasteiger partial charge >= 0.3 is 35.8 Å². The van der Waals surface area contributed by atoms with Crippen molar-refractivity contribution in [3.63, 3.8) is 0 Å². The Morgan fingerprint density at radius 1 is 0.838 bits per heavy atom. The van der Waals surface area contributed by atoms with Crippen LogP contribution < -0.4 is 15.9 Å². The van der Waals surface area contributed by atoms with Crippen LogP contribution in [0.2, 0.25) is 0 Å². The molecule has 1 aromatic rings. The van der Waals surface area contributed by atoms with Gasteiger partial charge in [0.25, 0.3) is 0 Å². The molecule has 0 bridgehead atoms. The lowest BCUT2D eigenvalue weighted by atomic mass is 9.86. The summed E-state index contributed by atoms with van der Waals surface area (Å²) in [6.07, 6.45) is -9.21. The van der Waals surface area contributed by atoms with Crippen molar-refractivity contribution in [1.82, 2.24) is 0 Å². The summed E-state index contributed by atoms with van der Waals surface area (Å²) in [4.78, 5) is 0. The lowest BCUT2D eigenvalue weighted by Gasteiger charge is -2.41. The first-order valence-corrected chi connectivity index (χ1v) is 9.27. The number of hydrogen-bond donors (Lipinski definition) is 5. The number of benzene rings is 1. The molecule has 3 atom stereocenters. The number of anilines is 1. The maximum Gasteiger partial charge on any atom is 0.460 e. The fourth-order valence-corrected chi connectivity index (χ4v) is 2.62. The quantitative estimate of drug-likeness (QED) is 0.157. The first-order valence-electron chi connectivity index (χ1n) is 9.27. The Labute approximate surface area is 196 Å². The molecule has 0 aliphatic carbocycles. The van der Waals surface area contributed by atoms with Gasteiger partial charge in [0.15, 0.2) is 11.4 Å². The molecule has 2 unspecified atom stereocenters. The average molecular weight is 574 g/mol. The highest BCUT2D eigenvalue weighted by atomic mass is 19.4. The molecule has 21 heteroatoms. The normalized spacial score (nSPS) is 17.1. The molecular formula is C16H15F13N4O4. The van der Waals surface area contributed by atoms with E-state index in [9.17, 15) is 67.5 Å². The topological polar surface area (TPSA) is 120 Å². The second kappa shape index (κ2) is 10.4. The maximum atomic E-state index is 14.3. The van der Waals surface area contributed by atoms with Crippen LogP contribution in [0.25, 0.3) is 0 Å². The summed E-state index contributed by atoms with van der Waals surface area (Å²) >= 11 is 0. The molecule has 214 valence electrons. The molecule has 8 nitrogen and oxygen atoms in total. The molecule has 0 aliphatic heterocycles. The smallest absolute Gasteiger partial charge is 0.460 e. The van der Waals surface area contributed by atoms with Gasteiger partial charge in [0.2, 0.25) is 0 Å². The van der Waals surface area contributed by atoms with E-state index in [1.54, 1.807) is 5.43 Å². The minimum absolute atomic E-state index is 0.333. The van der Waals surface area contributed by atoms with Gasteiger partial charge < -0.3 is 10.4 Å². The molecule has 0 radical (unpaired) electrons. The number of rotatable bonds is 11. The Bertz CT molecular complexity index is 970. The van der Waals surface area contributed by atoms with E-state index >= 15 is 0 Å². The van der Waals surface area contributed by atoms with E-state index in [0.717, 1.165) is 6.07 Å². The Hall–Kier alpha value is -2.46. The van der Waals surface area contributed by atoms with Crippen LogP contribution in [0.15, 0.2) is 23.3 Å². The fourth-order valence-electron chi connectivity index (χ4n) is 2.62. The van der Waals surface area contributed by atoms with Crippen molar-refractivity contribution in [2.24, 2.45) is 11.0 Å². The lowest BCUT2D eigenvalue weighted by Crippen LogP contribution is -3.00.